The minimum atomic E-state index is -3.53. The first kappa shape index (κ1) is 17.7. The maximum absolute atomic E-state index is 12.3. The minimum Gasteiger partial charge on any atom is -0.497 e. The summed E-state index contributed by atoms with van der Waals surface area (Å²) in [6, 6.07) is 14.4. The van der Waals surface area contributed by atoms with Crippen LogP contribution < -0.4 is 14.8 Å². The molecule has 25 heavy (non-hydrogen) atoms. The second kappa shape index (κ2) is 7.81. The van der Waals surface area contributed by atoms with E-state index in [2.05, 4.69) is 14.4 Å². The molecule has 132 valence electrons. The van der Waals surface area contributed by atoms with Crippen molar-refractivity contribution >= 4 is 37.5 Å². The normalized spacial score (nSPS) is 11.6. The minimum absolute atomic E-state index is 0.199. The Balaban J connectivity index is 1.51. The molecule has 0 amide bonds. The number of nitrogens with zero attached hydrogens (tertiary/aromatic N) is 1. The van der Waals surface area contributed by atoms with Gasteiger partial charge in [-0.15, -0.1) is 0 Å². The van der Waals surface area contributed by atoms with Crippen LogP contribution in [-0.2, 0) is 10.0 Å². The summed E-state index contributed by atoms with van der Waals surface area (Å²) < 4.78 is 37.7. The van der Waals surface area contributed by atoms with Gasteiger partial charge in [0.25, 0.3) is 0 Å². The zero-order chi connectivity index (χ0) is 17.7. The van der Waals surface area contributed by atoms with Crippen LogP contribution in [0.5, 0.6) is 5.75 Å². The van der Waals surface area contributed by atoms with Gasteiger partial charge in [0.2, 0.25) is 10.0 Å². The number of sulfonamides is 1. The van der Waals surface area contributed by atoms with Crippen LogP contribution in [0.3, 0.4) is 0 Å². The highest BCUT2D eigenvalue weighted by Crippen LogP contribution is 2.25. The lowest BCUT2D eigenvalue weighted by molar-refractivity contribution is 0.413. The first-order valence-corrected chi connectivity index (χ1v) is 10.1. The summed E-state index contributed by atoms with van der Waals surface area (Å²) in [5.41, 5.74) is 0. The molecule has 1 heterocycles. The number of rotatable bonds is 8. The number of anilines is 1. The molecule has 0 radical (unpaired) electrons. The van der Waals surface area contributed by atoms with Crippen molar-refractivity contribution in [2.75, 3.05) is 25.5 Å². The number of hydrogen-bond acceptors (Lipinski definition) is 6. The van der Waals surface area contributed by atoms with Gasteiger partial charge in [0, 0.05) is 24.5 Å². The molecule has 3 aromatic rings. The predicted octanol–water partition coefficient (Wildman–Crippen LogP) is 3.09. The maximum Gasteiger partial charge on any atom is 0.240 e. The van der Waals surface area contributed by atoms with Gasteiger partial charge in [0.1, 0.15) is 11.6 Å². The topological polar surface area (TPSA) is 80.3 Å². The van der Waals surface area contributed by atoms with Gasteiger partial charge >= 0.3 is 0 Å². The third-order valence-electron chi connectivity index (χ3n) is 3.67. The van der Waals surface area contributed by atoms with Gasteiger partial charge in [0.05, 0.1) is 16.7 Å². The molecule has 0 fully saturated rings. The summed E-state index contributed by atoms with van der Waals surface area (Å²) >= 11 is 1.45. The SMILES string of the molecule is COc1cccc(S(=O)(=O)NCCCNc2nsc3ccccc23)c1. The quantitative estimate of drug-likeness (QED) is 0.590. The number of fused-ring (bicyclic) bond motifs is 1. The van der Waals surface area contributed by atoms with Gasteiger partial charge in [-0.05, 0) is 42.2 Å². The number of hydrogen-bond donors (Lipinski definition) is 2. The largest absolute Gasteiger partial charge is 0.497 e. The highest BCUT2D eigenvalue weighted by atomic mass is 32.2. The van der Waals surface area contributed by atoms with Crippen molar-refractivity contribution in [1.29, 1.82) is 0 Å². The molecule has 8 heteroatoms. The van der Waals surface area contributed by atoms with Gasteiger partial charge in [-0.1, -0.05) is 18.2 Å². The van der Waals surface area contributed by atoms with Crippen LogP contribution in [0.15, 0.2) is 53.4 Å². The summed E-state index contributed by atoms with van der Waals surface area (Å²) in [4.78, 5) is 0.199. The number of benzene rings is 2. The van der Waals surface area contributed by atoms with Crippen LogP contribution in [0.4, 0.5) is 5.82 Å². The van der Waals surface area contributed by atoms with E-state index < -0.39 is 10.0 Å². The Morgan fingerprint density at radius 1 is 1.12 bits per heavy atom. The highest BCUT2D eigenvalue weighted by molar-refractivity contribution is 7.89. The Kier molecular flexibility index (Phi) is 5.52. The summed E-state index contributed by atoms with van der Waals surface area (Å²) in [6.07, 6.45) is 0.648. The summed E-state index contributed by atoms with van der Waals surface area (Å²) in [6.45, 7) is 0.975. The van der Waals surface area contributed by atoms with E-state index in [1.54, 1.807) is 18.2 Å². The molecule has 0 saturated heterocycles. The highest BCUT2D eigenvalue weighted by Gasteiger charge is 2.14. The third-order valence-corrected chi connectivity index (χ3v) is 5.95. The van der Waals surface area contributed by atoms with E-state index in [4.69, 9.17) is 4.74 Å². The van der Waals surface area contributed by atoms with Crippen LogP contribution in [0.25, 0.3) is 10.1 Å². The van der Waals surface area contributed by atoms with E-state index in [1.807, 2.05) is 24.3 Å². The monoisotopic (exact) mass is 377 g/mol. The number of nitrogens with one attached hydrogen (secondary N) is 2. The summed E-state index contributed by atoms with van der Waals surface area (Å²) in [5.74, 6) is 1.36. The maximum atomic E-state index is 12.3. The molecule has 1 aromatic heterocycles. The fraction of sp³-hybridized carbons (Fsp3) is 0.235. The van der Waals surface area contributed by atoms with Crippen molar-refractivity contribution < 1.29 is 13.2 Å². The lowest BCUT2D eigenvalue weighted by Gasteiger charge is -2.08. The Bertz CT molecular complexity index is 954. The average molecular weight is 377 g/mol. The van der Waals surface area contributed by atoms with E-state index >= 15 is 0 Å². The van der Waals surface area contributed by atoms with Crippen molar-refractivity contribution in [2.45, 2.75) is 11.3 Å². The molecular weight excluding hydrogens is 358 g/mol. The Hall–Kier alpha value is -2.16. The summed E-state index contributed by atoms with van der Waals surface area (Å²) in [7, 11) is -2.03. The van der Waals surface area contributed by atoms with Crippen molar-refractivity contribution in [3.8, 4) is 5.75 Å². The predicted molar refractivity (Wildman–Crippen MR) is 101 cm³/mol. The molecule has 0 spiro atoms. The molecule has 6 nitrogen and oxygen atoms in total. The van der Waals surface area contributed by atoms with Gasteiger partial charge in [0.15, 0.2) is 0 Å². The van der Waals surface area contributed by atoms with Crippen molar-refractivity contribution in [3.63, 3.8) is 0 Å². The number of aromatic nitrogens is 1. The molecule has 0 saturated carbocycles. The lowest BCUT2D eigenvalue weighted by Crippen LogP contribution is -2.26. The van der Waals surface area contributed by atoms with Crippen molar-refractivity contribution in [1.82, 2.24) is 9.10 Å². The Morgan fingerprint density at radius 3 is 2.80 bits per heavy atom. The fourth-order valence-electron chi connectivity index (χ4n) is 2.37. The lowest BCUT2D eigenvalue weighted by atomic mass is 10.2. The number of ether oxygens (including phenoxy) is 1. The first-order valence-electron chi connectivity index (χ1n) is 7.82. The number of methoxy groups -OCH3 is 1. The first-order chi connectivity index (χ1) is 12.1. The molecule has 2 N–H and O–H groups in total. The fourth-order valence-corrected chi connectivity index (χ4v) is 4.23. The standard InChI is InChI=1S/C17H19N3O3S2/c1-23-13-6-4-7-14(12-13)25(21,22)19-11-5-10-18-17-15-8-2-3-9-16(15)24-20-17/h2-4,6-9,12,19H,5,10-11H2,1H3,(H,18,20). The second-order valence-corrected chi connectivity index (χ2v) is 7.96. The molecule has 0 aliphatic rings. The molecule has 0 aliphatic carbocycles. The molecule has 0 unspecified atom stereocenters. The van der Waals surface area contributed by atoms with Crippen molar-refractivity contribution in [2.24, 2.45) is 0 Å². The van der Waals surface area contributed by atoms with Crippen LogP contribution >= 0.6 is 11.5 Å². The van der Waals surface area contributed by atoms with E-state index in [-0.39, 0.29) is 4.90 Å². The zero-order valence-electron chi connectivity index (χ0n) is 13.7. The van der Waals surface area contributed by atoms with E-state index in [0.717, 1.165) is 15.9 Å². The van der Waals surface area contributed by atoms with Crippen LogP contribution in [0.2, 0.25) is 0 Å². The van der Waals surface area contributed by atoms with E-state index in [1.165, 1.54) is 24.7 Å². The van der Waals surface area contributed by atoms with Crippen LogP contribution in [0.1, 0.15) is 6.42 Å². The third kappa shape index (κ3) is 4.28. The van der Waals surface area contributed by atoms with Gasteiger partial charge in [-0.3, -0.25) is 0 Å². The molecule has 0 bridgehead atoms. The summed E-state index contributed by atoms with van der Waals surface area (Å²) in [5, 5.41) is 4.34. The van der Waals surface area contributed by atoms with Crippen LogP contribution in [-0.4, -0.2) is 33.0 Å². The van der Waals surface area contributed by atoms with E-state index in [9.17, 15) is 8.42 Å². The molecule has 2 aromatic carbocycles. The molecular formula is C17H19N3O3S2. The van der Waals surface area contributed by atoms with Gasteiger partial charge in [-0.25, -0.2) is 13.1 Å². The van der Waals surface area contributed by atoms with Gasteiger partial charge in [-0.2, -0.15) is 4.37 Å². The molecule has 3 rings (SSSR count). The molecule has 0 aliphatic heterocycles. The van der Waals surface area contributed by atoms with Crippen molar-refractivity contribution in [3.05, 3.63) is 48.5 Å². The average Bonchev–Trinajstić information content (AvgIpc) is 3.05. The zero-order valence-corrected chi connectivity index (χ0v) is 15.4. The van der Waals surface area contributed by atoms with Gasteiger partial charge < -0.3 is 10.1 Å². The second-order valence-electron chi connectivity index (χ2n) is 5.38. The molecule has 0 atom stereocenters. The Labute approximate surface area is 151 Å². The smallest absolute Gasteiger partial charge is 0.240 e. The Morgan fingerprint density at radius 2 is 1.96 bits per heavy atom. The van der Waals surface area contributed by atoms with E-state index in [0.29, 0.717) is 25.3 Å². The van der Waals surface area contributed by atoms with Crippen LogP contribution in [0, 0.1) is 0 Å².